The third kappa shape index (κ3) is 6.46. The molecular weight excluding hydrogens is 428 g/mol. The van der Waals surface area contributed by atoms with Crippen molar-refractivity contribution in [1.29, 1.82) is 5.53 Å². The van der Waals surface area contributed by atoms with Gasteiger partial charge in [0.2, 0.25) is 0 Å². The number of carbonyl (C=O) groups is 2. The molecule has 0 bridgehead atoms. The van der Waals surface area contributed by atoms with Crippen LogP contribution in [-0.2, 0) is 16.0 Å². The first-order chi connectivity index (χ1) is 16.4. The summed E-state index contributed by atoms with van der Waals surface area (Å²) in [5, 5.41) is 9.24. The number of hydrogen-bond donors (Lipinski definition) is 5. The van der Waals surface area contributed by atoms with Gasteiger partial charge in [-0.1, -0.05) is 30.3 Å². The van der Waals surface area contributed by atoms with Crippen LogP contribution in [0.3, 0.4) is 0 Å². The molecule has 8 nitrogen and oxygen atoms in total. The minimum absolute atomic E-state index is 0.0913. The third-order valence-electron chi connectivity index (χ3n) is 5.99. The van der Waals surface area contributed by atoms with Crippen LogP contribution in [-0.4, -0.2) is 24.4 Å². The number of nitrogens with zero attached hydrogens (tertiary/aromatic N) is 1. The maximum Gasteiger partial charge on any atom is 0.290 e. The van der Waals surface area contributed by atoms with Gasteiger partial charge in [-0.25, -0.2) is 5.53 Å². The number of para-hydroxylation sites is 1. The number of nitrogens with two attached hydrogens (primary N) is 2. The molecule has 2 aromatic carbocycles. The molecule has 0 radical (unpaired) electrons. The topological polar surface area (TPSA) is 146 Å². The van der Waals surface area contributed by atoms with Gasteiger partial charge in [0.1, 0.15) is 0 Å². The number of benzene rings is 2. The molecule has 0 spiro atoms. The summed E-state index contributed by atoms with van der Waals surface area (Å²) in [5.74, 6) is -0.767. The van der Waals surface area contributed by atoms with Gasteiger partial charge in [0.25, 0.3) is 11.8 Å². The van der Waals surface area contributed by atoms with Crippen molar-refractivity contribution >= 4 is 23.2 Å². The second-order valence-corrected chi connectivity index (χ2v) is 8.39. The summed E-state index contributed by atoms with van der Waals surface area (Å²) in [7, 11) is 0. The fourth-order valence-corrected chi connectivity index (χ4v) is 4.24. The predicted octanol–water partition coefficient (Wildman–Crippen LogP) is 4.27. The Kier molecular flexibility index (Phi) is 8.84. The molecule has 34 heavy (non-hydrogen) atoms. The number of anilines is 2. The molecule has 0 aromatic heterocycles. The number of amides is 2. The van der Waals surface area contributed by atoms with E-state index in [1.54, 1.807) is 0 Å². The maximum absolute atomic E-state index is 12.9. The zero-order chi connectivity index (χ0) is 24.5. The van der Waals surface area contributed by atoms with Crippen molar-refractivity contribution in [2.45, 2.75) is 45.1 Å². The molecule has 2 amide bonds. The lowest BCUT2D eigenvalue weighted by Crippen LogP contribution is -2.29. The van der Waals surface area contributed by atoms with Crippen LogP contribution in [0.2, 0.25) is 0 Å². The number of rotatable bonds is 9. The van der Waals surface area contributed by atoms with Gasteiger partial charge < -0.3 is 22.1 Å². The van der Waals surface area contributed by atoms with Crippen molar-refractivity contribution in [3.05, 3.63) is 82.6 Å². The molecule has 178 valence electrons. The quantitative estimate of drug-likeness (QED) is 0.280. The summed E-state index contributed by atoms with van der Waals surface area (Å²) in [6.07, 6.45) is 3.75. The molecule has 1 aliphatic carbocycles. The van der Waals surface area contributed by atoms with Crippen molar-refractivity contribution in [1.82, 2.24) is 0 Å². The van der Waals surface area contributed by atoms with E-state index in [2.05, 4.69) is 15.7 Å². The van der Waals surface area contributed by atoms with Crippen LogP contribution < -0.4 is 22.1 Å². The summed E-state index contributed by atoms with van der Waals surface area (Å²) in [5.41, 5.74) is 24.5. The average Bonchev–Trinajstić information content (AvgIpc) is 2.84. The maximum atomic E-state index is 12.9. The monoisotopic (exact) mass is 460 g/mol. The molecule has 3 rings (SSSR count). The summed E-state index contributed by atoms with van der Waals surface area (Å²) >= 11 is 0. The lowest BCUT2D eigenvalue weighted by molar-refractivity contribution is -0.115. The van der Waals surface area contributed by atoms with Crippen LogP contribution >= 0.6 is 0 Å². The Balaban J connectivity index is 1.73. The van der Waals surface area contributed by atoms with Crippen LogP contribution in [0.25, 0.3) is 0 Å². The second kappa shape index (κ2) is 12.0. The van der Waals surface area contributed by atoms with Crippen molar-refractivity contribution < 1.29 is 9.59 Å². The summed E-state index contributed by atoms with van der Waals surface area (Å²) in [4.78, 5) is 25.0. The van der Waals surface area contributed by atoms with Gasteiger partial charge in [0.15, 0.2) is 0 Å². The van der Waals surface area contributed by atoms with Crippen molar-refractivity contribution in [3.8, 4) is 0 Å². The molecule has 0 aliphatic heterocycles. The molecule has 0 heterocycles. The van der Waals surface area contributed by atoms with E-state index in [-0.39, 0.29) is 18.5 Å². The van der Waals surface area contributed by atoms with Gasteiger partial charge in [-0.2, -0.15) is 0 Å². The van der Waals surface area contributed by atoms with E-state index in [4.69, 9.17) is 17.0 Å². The zero-order valence-corrected chi connectivity index (χ0v) is 19.4. The SMILES string of the molecule is C/C(Nc1ccccc1)=C(/CN)C(=O)Nc1cccc(CC(N)C2=C(C(=O)N=N)CCCC2)c1. The highest BCUT2D eigenvalue weighted by molar-refractivity contribution is 6.04. The Morgan fingerprint density at radius 1 is 1.03 bits per heavy atom. The Morgan fingerprint density at radius 3 is 2.44 bits per heavy atom. The largest absolute Gasteiger partial charge is 0.359 e. The molecular formula is C26H32N6O2. The standard InChI is InChI=1S/C26H32N6O2/c1-17(30-19-9-3-2-4-10-19)23(16-27)25(33)31-20-11-7-8-18(14-20)15-24(28)21-12-5-6-13-22(21)26(34)32-29/h2-4,7-11,14,24,29-30H,5-6,12-13,15-16,27-28H2,1H3,(H,31,33)/b23-17+,32-29?. The molecule has 1 atom stereocenters. The van der Waals surface area contributed by atoms with Crippen LogP contribution in [0.15, 0.2) is 82.1 Å². The third-order valence-corrected chi connectivity index (χ3v) is 5.99. The van der Waals surface area contributed by atoms with E-state index in [0.717, 1.165) is 36.1 Å². The molecule has 0 saturated carbocycles. The van der Waals surface area contributed by atoms with Crippen molar-refractivity contribution in [3.63, 3.8) is 0 Å². The molecule has 2 aromatic rings. The molecule has 0 fully saturated rings. The second-order valence-electron chi connectivity index (χ2n) is 8.39. The summed E-state index contributed by atoms with van der Waals surface area (Å²) < 4.78 is 0. The van der Waals surface area contributed by atoms with E-state index >= 15 is 0 Å². The van der Waals surface area contributed by atoms with Gasteiger partial charge in [-0.15, -0.1) is 5.11 Å². The predicted molar refractivity (Wildman–Crippen MR) is 134 cm³/mol. The first kappa shape index (κ1) is 25.0. The normalized spacial score (nSPS) is 15.3. The zero-order valence-electron chi connectivity index (χ0n) is 19.4. The number of hydrogen-bond acceptors (Lipinski definition) is 6. The van der Waals surface area contributed by atoms with Gasteiger partial charge in [0, 0.05) is 40.8 Å². The van der Waals surface area contributed by atoms with Crippen LogP contribution in [0.5, 0.6) is 0 Å². The highest BCUT2D eigenvalue weighted by Crippen LogP contribution is 2.29. The number of allylic oxidation sites excluding steroid dienone is 1. The lowest BCUT2D eigenvalue weighted by Gasteiger charge is -2.23. The molecule has 8 heteroatoms. The number of nitrogens with one attached hydrogen (secondary N) is 3. The number of carbonyl (C=O) groups excluding carboxylic acids is 2. The highest BCUT2D eigenvalue weighted by atomic mass is 16.2. The van der Waals surface area contributed by atoms with E-state index in [9.17, 15) is 9.59 Å². The summed E-state index contributed by atoms with van der Waals surface area (Å²) in [6.45, 7) is 1.91. The van der Waals surface area contributed by atoms with Crippen LogP contribution in [0.1, 0.15) is 38.2 Å². The molecule has 1 aliphatic rings. The fraction of sp³-hybridized carbons (Fsp3) is 0.308. The molecule has 7 N–H and O–H groups in total. The van der Waals surface area contributed by atoms with Gasteiger partial charge in [-0.3, -0.25) is 9.59 Å². The average molecular weight is 461 g/mol. The molecule has 0 saturated heterocycles. The van der Waals surface area contributed by atoms with Gasteiger partial charge in [-0.05, 0) is 74.4 Å². The Bertz CT molecular complexity index is 1110. The highest BCUT2D eigenvalue weighted by Gasteiger charge is 2.23. The van der Waals surface area contributed by atoms with Crippen molar-refractivity contribution in [2.75, 3.05) is 17.2 Å². The Labute approximate surface area is 200 Å². The smallest absolute Gasteiger partial charge is 0.290 e. The van der Waals surface area contributed by atoms with Crippen LogP contribution in [0.4, 0.5) is 11.4 Å². The fourth-order valence-electron chi connectivity index (χ4n) is 4.24. The van der Waals surface area contributed by atoms with E-state index in [1.165, 1.54) is 0 Å². The first-order valence-electron chi connectivity index (χ1n) is 11.4. The van der Waals surface area contributed by atoms with E-state index in [1.807, 2.05) is 61.5 Å². The van der Waals surface area contributed by atoms with Gasteiger partial charge >= 0.3 is 0 Å². The van der Waals surface area contributed by atoms with E-state index < -0.39 is 5.91 Å². The van der Waals surface area contributed by atoms with Crippen molar-refractivity contribution in [2.24, 2.45) is 16.6 Å². The minimum atomic E-state index is -0.494. The van der Waals surface area contributed by atoms with Crippen LogP contribution in [0, 0.1) is 5.53 Å². The summed E-state index contributed by atoms with van der Waals surface area (Å²) in [6, 6.07) is 16.7. The lowest BCUT2D eigenvalue weighted by atomic mass is 9.85. The van der Waals surface area contributed by atoms with Gasteiger partial charge in [0.05, 0.1) is 0 Å². The Morgan fingerprint density at radius 2 is 1.74 bits per heavy atom. The molecule has 1 unspecified atom stereocenters. The minimum Gasteiger partial charge on any atom is -0.359 e. The van der Waals surface area contributed by atoms with E-state index in [0.29, 0.717) is 35.4 Å². The first-order valence-corrected chi connectivity index (χ1v) is 11.4. The Hall–Kier alpha value is -3.62.